The summed E-state index contributed by atoms with van der Waals surface area (Å²) in [6.45, 7) is 0. The molecule has 1 aromatic heterocycles. The second-order valence-corrected chi connectivity index (χ2v) is 4.53. The molecule has 0 aliphatic heterocycles. The number of fused-ring (bicyclic) bond motifs is 1. The summed E-state index contributed by atoms with van der Waals surface area (Å²) in [6, 6.07) is 10.7. The summed E-state index contributed by atoms with van der Waals surface area (Å²) in [6.07, 6.45) is 2.89. The van der Waals surface area contributed by atoms with E-state index in [1.165, 1.54) is 11.1 Å². The van der Waals surface area contributed by atoms with Crippen LogP contribution in [0.1, 0.15) is 28.8 Å². The molecule has 0 spiro atoms. The number of hydrazine groups is 1. The van der Waals surface area contributed by atoms with E-state index in [0.717, 1.165) is 12.1 Å². The quantitative estimate of drug-likeness (QED) is 0.614. The van der Waals surface area contributed by atoms with Crippen LogP contribution in [0.15, 0.2) is 36.5 Å². The number of hydrogen-bond donors (Lipinski definition) is 2. The van der Waals surface area contributed by atoms with Gasteiger partial charge in [0, 0.05) is 19.2 Å². The second-order valence-electron chi connectivity index (χ2n) is 4.53. The molecule has 0 bridgehead atoms. The van der Waals surface area contributed by atoms with Crippen molar-refractivity contribution in [3.05, 3.63) is 53.3 Å². The first-order chi connectivity index (χ1) is 8.31. The SMILES string of the molecule is Cn1nccc1C(NN)C1Cc2ccccc21. The zero-order valence-corrected chi connectivity index (χ0v) is 9.80. The van der Waals surface area contributed by atoms with E-state index in [1.54, 1.807) is 0 Å². The van der Waals surface area contributed by atoms with Crippen molar-refractivity contribution in [3.8, 4) is 0 Å². The molecule has 3 N–H and O–H groups in total. The van der Waals surface area contributed by atoms with Gasteiger partial charge in [-0.3, -0.25) is 16.0 Å². The minimum absolute atomic E-state index is 0.136. The van der Waals surface area contributed by atoms with Crippen molar-refractivity contribution in [2.75, 3.05) is 0 Å². The molecule has 0 radical (unpaired) electrons. The third kappa shape index (κ3) is 1.57. The predicted molar refractivity (Wildman–Crippen MR) is 66.2 cm³/mol. The Morgan fingerprint density at radius 2 is 2.24 bits per heavy atom. The highest BCUT2D eigenvalue weighted by atomic mass is 15.3. The molecule has 88 valence electrons. The molecule has 0 fully saturated rings. The van der Waals surface area contributed by atoms with E-state index in [2.05, 4.69) is 34.8 Å². The number of nitrogens with one attached hydrogen (secondary N) is 1. The summed E-state index contributed by atoms with van der Waals surface area (Å²) in [7, 11) is 1.95. The summed E-state index contributed by atoms with van der Waals surface area (Å²) in [5.74, 6) is 6.16. The topological polar surface area (TPSA) is 55.9 Å². The lowest BCUT2D eigenvalue weighted by Gasteiger charge is -2.36. The Bertz CT molecular complexity index is 532. The number of nitrogens with two attached hydrogens (primary N) is 1. The molecule has 4 heteroatoms. The second kappa shape index (κ2) is 3.98. The third-order valence-electron chi connectivity index (χ3n) is 3.65. The maximum atomic E-state index is 5.71. The maximum Gasteiger partial charge on any atom is 0.0700 e. The van der Waals surface area contributed by atoms with E-state index >= 15 is 0 Å². The summed E-state index contributed by atoms with van der Waals surface area (Å²) in [5, 5.41) is 4.20. The predicted octanol–water partition coefficient (Wildman–Crippen LogP) is 1.26. The highest BCUT2D eigenvalue weighted by Crippen LogP contribution is 2.42. The molecule has 1 aliphatic carbocycles. The van der Waals surface area contributed by atoms with Crippen molar-refractivity contribution in [2.45, 2.75) is 18.4 Å². The Kier molecular flexibility index (Phi) is 2.46. The van der Waals surface area contributed by atoms with Crippen molar-refractivity contribution in [1.82, 2.24) is 15.2 Å². The Morgan fingerprint density at radius 1 is 1.41 bits per heavy atom. The normalized spacial score (nSPS) is 19.5. The average Bonchev–Trinajstić information content (AvgIpc) is 2.72. The van der Waals surface area contributed by atoms with E-state index < -0.39 is 0 Å². The number of rotatable bonds is 3. The number of benzene rings is 1. The average molecular weight is 228 g/mol. The molecule has 0 amide bonds. The molecular formula is C13H16N4. The number of aryl methyl sites for hydroxylation is 1. The largest absolute Gasteiger partial charge is 0.271 e. The minimum atomic E-state index is 0.136. The van der Waals surface area contributed by atoms with Gasteiger partial charge in [-0.2, -0.15) is 5.10 Å². The van der Waals surface area contributed by atoms with Gasteiger partial charge in [-0.15, -0.1) is 0 Å². The van der Waals surface area contributed by atoms with Gasteiger partial charge < -0.3 is 0 Å². The van der Waals surface area contributed by atoms with Gasteiger partial charge in [-0.05, 0) is 23.6 Å². The standard InChI is InChI=1S/C13H16N4/c1-17-12(6-7-15-17)13(16-14)11-8-9-4-2-3-5-10(9)11/h2-7,11,13,16H,8,14H2,1H3. The van der Waals surface area contributed by atoms with E-state index in [4.69, 9.17) is 5.84 Å². The first-order valence-electron chi connectivity index (χ1n) is 5.83. The van der Waals surface area contributed by atoms with Crippen molar-refractivity contribution in [2.24, 2.45) is 12.9 Å². The van der Waals surface area contributed by atoms with E-state index in [0.29, 0.717) is 5.92 Å². The van der Waals surface area contributed by atoms with Crippen LogP contribution in [0.5, 0.6) is 0 Å². The smallest absolute Gasteiger partial charge is 0.0700 e. The number of aromatic nitrogens is 2. The van der Waals surface area contributed by atoms with Crippen LogP contribution in [0.3, 0.4) is 0 Å². The fourth-order valence-electron chi connectivity index (χ4n) is 2.69. The highest BCUT2D eigenvalue weighted by Gasteiger charge is 2.34. The number of nitrogens with zero attached hydrogens (tertiary/aromatic N) is 2. The monoisotopic (exact) mass is 228 g/mol. The van der Waals surface area contributed by atoms with E-state index in [9.17, 15) is 0 Å². The Morgan fingerprint density at radius 3 is 2.88 bits per heavy atom. The van der Waals surface area contributed by atoms with Gasteiger partial charge in [-0.1, -0.05) is 24.3 Å². The van der Waals surface area contributed by atoms with E-state index in [1.807, 2.05) is 24.0 Å². The molecule has 3 rings (SSSR count). The highest BCUT2D eigenvalue weighted by molar-refractivity contribution is 5.42. The Hall–Kier alpha value is -1.65. The van der Waals surface area contributed by atoms with Gasteiger partial charge in [0.1, 0.15) is 0 Å². The Labute approximate surface area is 100 Å². The summed E-state index contributed by atoms with van der Waals surface area (Å²) in [5.41, 5.74) is 6.89. The molecule has 1 aromatic carbocycles. The van der Waals surface area contributed by atoms with Gasteiger partial charge in [0.05, 0.1) is 11.7 Å². The van der Waals surface area contributed by atoms with Gasteiger partial charge in [0.25, 0.3) is 0 Å². The van der Waals surface area contributed by atoms with Gasteiger partial charge in [-0.25, -0.2) is 0 Å². The summed E-state index contributed by atoms with van der Waals surface area (Å²) < 4.78 is 1.88. The van der Waals surface area contributed by atoms with Crippen molar-refractivity contribution in [3.63, 3.8) is 0 Å². The molecule has 0 saturated carbocycles. The zero-order valence-electron chi connectivity index (χ0n) is 9.80. The fraction of sp³-hybridized carbons (Fsp3) is 0.308. The molecule has 1 heterocycles. The van der Waals surface area contributed by atoms with Gasteiger partial charge in [0.15, 0.2) is 0 Å². The van der Waals surface area contributed by atoms with Crippen LogP contribution in [-0.2, 0) is 13.5 Å². The lowest BCUT2D eigenvalue weighted by atomic mass is 9.73. The van der Waals surface area contributed by atoms with Gasteiger partial charge in [0.2, 0.25) is 0 Å². The van der Waals surface area contributed by atoms with Crippen LogP contribution in [-0.4, -0.2) is 9.78 Å². The molecule has 0 saturated heterocycles. The Balaban J connectivity index is 1.93. The van der Waals surface area contributed by atoms with Crippen LogP contribution >= 0.6 is 0 Å². The molecular weight excluding hydrogens is 212 g/mol. The lowest BCUT2D eigenvalue weighted by molar-refractivity contribution is 0.397. The molecule has 2 atom stereocenters. The van der Waals surface area contributed by atoms with Crippen molar-refractivity contribution >= 4 is 0 Å². The van der Waals surface area contributed by atoms with Crippen LogP contribution in [0.2, 0.25) is 0 Å². The van der Waals surface area contributed by atoms with Crippen molar-refractivity contribution in [1.29, 1.82) is 0 Å². The van der Waals surface area contributed by atoms with E-state index in [-0.39, 0.29) is 6.04 Å². The van der Waals surface area contributed by atoms with Crippen molar-refractivity contribution < 1.29 is 0 Å². The maximum absolute atomic E-state index is 5.71. The van der Waals surface area contributed by atoms with Crippen LogP contribution in [0.4, 0.5) is 0 Å². The molecule has 2 unspecified atom stereocenters. The molecule has 1 aliphatic rings. The third-order valence-corrected chi connectivity index (χ3v) is 3.65. The number of hydrogen-bond acceptors (Lipinski definition) is 3. The molecule has 2 aromatic rings. The summed E-state index contributed by atoms with van der Waals surface area (Å²) >= 11 is 0. The van der Waals surface area contributed by atoms with Crippen LogP contribution in [0.25, 0.3) is 0 Å². The molecule has 4 nitrogen and oxygen atoms in total. The zero-order chi connectivity index (χ0) is 11.8. The van der Waals surface area contributed by atoms with Crippen LogP contribution < -0.4 is 11.3 Å². The first-order valence-corrected chi connectivity index (χ1v) is 5.83. The van der Waals surface area contributed by atoms with Crippen LogP contribution in [0, 0.1) is 0 Å². The minimum Gasteiger partial charge on any atom is -0.271 e. The lowest BCUT2D eigenvalue weighted by Crippen LogP contribution is -2.38. The summed E-state index contributed by atoms with van der Waals surface area (Å²) in [4.78, 5) is 0. The van der Waals surface area contributed by atoms with Gasteiger partial charge >= 0.3 is 0 Å². The first kappa shape index (κ1) is 10.5. The molecule has 17 heavy (non-hydrogen) atoms. The fourth-order valence-corrected chi connectivity index (χ4v) is 2.69.